The number of rotatable bonds is 7. The largest absolute Gasteiger partial charge is 0.299 e. The number of carbonyl (C=O) groups is 1. The first-order valence-corrected chi connectivity index (χ1v) is 12.9. The van der Waals surface area contributed by atoms with Gasteiger partial charge in [0.05, 0.1) is 10.6 Å². The summed E-state index contributed by atoms with van der Waals surface area (Å²) in [5, 5.41) is 12.2. The Morgan fingerprint density at radius 3 is 2.38 bits per heavy atom. The first-order valence-electron chi connectivity index (χ1n) is 10.3. The van der Waals surface area contributed by atoms with E-state index in [2.05, 4.69) is 15.5 Å². The summed E-state index contributed by atoms with van der Waals surface area (Å²) in [6, 6.07) is 20.7. The molecule has 10 heteroatoms. The summed E-state index contributed by atoms with van der Waals surface area (Å²) < 4.78 is 28.0. The number of carbonyl (C=O) groups excluding carboxylic acids is 1. The summed E-state index contributed by atoms with van der Waals surface area (Å²) in [6.07, 6.45) is 0. The topological polar surface area (TPSA) is 92.3 Å². The summed E-state index contributed by atoms with van der Waals surface area (Å²) in [5.74, 6) is -0.550. The van der Waals surface area contributed by atoms with Gasteiger partial charge in [0.1, 0.15) is 11.6 Å². The molecule has 4 rings (SSSR count). The van der Waals surface area contributed by atoms with Crippen LogP contribution >= 0.6 is 22.9 Å². The highest BCUT2D eigenvalue weighted by atomic mass is 35.5. The Hall–Kier alpha value is -3.27. The molecule has 0 atom stereocenters. The van der Waals surface area contributed by atoms with Crippen LogP contribution in [-0.4, -0.2) is 31.1 Å². The Morgan fingerprint density at radius 2 is 1.68 bits per heavy atom. The van der Waals surface area contributed by atoms with Gasteiger partial charge < -0.3 is 0 Å². The number of hydrogen-bond donors (Lipinski definition) is 1. The van der Waals surface area contributed by atoms with E-state index in [4.69, 9.17) is 11.6 Å². The monoisotopic (exact) mass is 512 g/mol. The van der Waals surface area contributed by atoms with E-state index in [0.717, 1.165) is 15.4 Å². The second-order valence-electron chi connectivity index (χ2n) is 7.54. The second-order valence-corrected chi connectivity index (χ2v) is 10.8. The predicted molar refractivity (Wildman–Crippen MR) is 136 cm³/mol. The third kappa shape index (κ3) is 5.11. The van der Waals surface area contributed by atoms with E-state index >= 15 is 0 Å². The minimum Gasteiger partial charge on any atom is -0.299 e. The molecule has 0 radical (unpaired) electrons. The van der Waals surface area contributed by atoms with E-state index in [1.165, 1.54) is 23.5 Å². The van der Waals surface area contributed by atoms with Gasteiger partial charge in [-0.25, -0.2) is 8.42 Å². The van der Waals surface area contributed by atoms with Crippen molar-refractivity contribution in [2.24, 2.45) is 0 Å². The van der Waals surface area contributed by atoms with E-state index < -0.39 is 22.5 Å². The van der Waals surface area contributed by atoms with Gasteiger partial charge in [-0.1, -0.05) is 77.0 Å². The lowest BCUT2D eigenvalue weighted by Gasteiger charge is -2.25. The van der Waals surface area contributed by atoms with Crippen molar-refractivity contribution < 1.29 is 13.2 Å². The first-order chi connectivity index (χ1) is 16.3. The number of nitrogens with one attached hydrogen (secondary N) is 1. The highest BCUT2D eigenvalue weighted by Gasteiger charge is 2.29. The number of anilines is 2. The maximum atomic E-state index is 13.5. The molecule has 0 fully saturated rings. The highest BCUT2D eigenvalue weighted by Crippen LogP contribution is 2.31. The number of sulfonamides is 1. The van der Waals surface area contributed by atoms with Gasteiger partial charge in [0.2, 0.25) is 11.0 Å². The molecule has 0 bridgehead atoms. The summed E-state index contributed by atoms with van der Waals surface area (Å²) >= 11 is 7.46. The molecule has 3 aromatic carbocycles. The number of aryl methyl sites for hydroxylation is 1. The van der Waals surface area contributed by atoms with Crippen LogP contribution in [0.15, 0.2) is 77.7 Å². The average Bonchev–Trinajstić information content (AvgIpc) is 3.29. The smallest absolute Gasteiger partial charge is 0.264 e. The predicted octanol–water partition coefficient (Wildman–Crippen LogP) is 5.31. The maximum Gasteiger partial charge on any atom is 0.264 e. The Labute approximate surface area is 207 Å². The first kappa shape index (κ1) is 23.9. The van der Waals surface area contributed by atoms with Gasteiger partial charge in [0.25, 0.3) is 10.0 Å². The van der Waals surface area contributed by atoms with Gasteiger partial charge in [-0.15, -0.1) is 10.2 Å². The second kappa shape index (κ2) is 9.92. The number of nitrogens with zero attached hydrogens (tertiary/aromatic N) is 3. The molecule has 1 heterocycles. The molecule has 1 amide bonds. The summed E-state index contributed by atoms with van der Waals surface area (Å²) in [7, 11) is -4.04. The van der Waals surface area contributed by atoms with Gasteiger partial charge in [-0.2, -0.15) is 0 Å². The summed E-state index contributed by atoms with van der Waals surface area (Å²) in [6.45, 7) is 3.24. The van der Waals surface area contributed by atoms with Crippen LogP contribution in [0, 0.1) is 13.8 Å². The van der Waals surface area contributed by atoms with Crippen LogP contribution in [0.25, 0.3) is 10.6 Å². The molecule has 0 aliphatic heterocycles. The zero-order chi connectivity index (χ0) is 24.3. The Morgan fingerprint density at radius 1 is 0.971 bits per heavy atom. The molecule has 1 aromatic heterocycles. The highest BCUT2D eigenvalue weighted by molar-refractivity contribution is 7.92. The van der Waals surface area contributed by atoms with Crippen LogP contribution in [0.1, 0.15) is 11.1 Å². The lowest BCUT2D eigenvalue weighted by Crippen LogP contribution is -2.38. The molecule has 174 valence electrons. The van der Waals surface area contributed by atoms with Gasteiger partial charge in [0, 0.05) is 10.6 Å². The molecule has 34 heavy (non-hydrogen) atoms. The van der Waals surface area contributed by atoms with Crippen LogP contribution < -0.4 is 9.62 Å². The molecule has 0 saturated carbocycles. The van der Waals surface area contributed by atoms with Crippen molar-refractivity contribution in [3.63, 3.8) is 0 Å². The molecule has 0 spiro atoms. The number of aromatic nitrogens is 2. The zero-order valence-corrected chi connectivity index (χ0v) is 20.8. The quantitative estimate of drug-likeness (QED) is 0.362. The molecule has 1 N–H and O–H groups in total. The lowest BCUT2D eigenvalue weighted by atomic mass is 10.2. The Kier molecular flexibility index (Phi) is 6.97. The van der Waals surface area contributed by atoms with Crippen molar-refractivity contribution in [2.45, 2.75) is 18.7 Å². The van der Waals surface area contributed by atoms with Crippen LogP contribution in [0.5, 0.6) is 0 Å². The van der Waals surface area contributed by atoms with Crippen LogP contribution in [0.4, 0.5) is 10.8 Å². The Balaban J connectivity index is 1.61. The molecule has 4 aromatic rings. The van der Waals surface area contributed by atoms with Crippen LogP contribution in [-0.2, 0) is 14.8 Å². The standard InChI is InChI=1S/C24H21ClN4O3S2/c1-16-11-13-18(14-12-16)23-27-28-24(33-23)26-22(30)15-29(21-10-6-9-20(25)17(21)2)34(31,32)19-7-4-3-5-8-19/h3-14H,15H2,1-2H3,(H,26,28,30). The molecular formula is C24H21ClN4O3S2. The fraction of sp³-hybridized carbons (Fsp3) is 0.125. The van der Waals surface area contributed by atoms with E-state index in [1.807, 2.05) is 31.2 Å². The lowest BCUT2D eigenvalue weighted by molar-refractivity contribution is -0.114. The van der Waals surface area contributed by atoms with E-state index in [9.17, 15) is 13.2 Å². The third-order valence-electron chi connectivity index (χ3n) is 5.10. The van der Waals surface area contributed by atoms with Crippen LogP contribution in [0.3, 0.4) is 0 Å². The number of halogens is 1. The minimum atomic E-state index is -4.04. The zero-order valence-electron chi connectivity index (χ0n) is 18.4. The van der Waals surface area contributed by atoms with Crippen molar-refractivity contribution in [3.05, 3.63) is 88.9 Å². The van der Waals surface area contributed by atoms with Crippen molar-refractivity contribution in [3.8, 4) is 10.6 Å². The summed E-state index contributed by atoms with van der Waals surface area (Å²) in [5.41, 5.74) is 2.88. The molecule has 7 nitrogen and oxygen atoms in total. The van der Waals surface area contributed by atoms with Crippen molar-refractivity contribution in [2.75, 3.05) is 16.2 Å². The molecule has 0 aliphatic carbocycles. The van der Waals surface area contributed by atoms with Gasteiger partial charge in [-0.3, -0.25) is 14.4 Å². The average molecular weight is 513 g/mol. The normalized spacial score (nSPS) is 11.3. The molecule has 0 saturated heterocycles. The molecular weight excluding hydrogens is 492 g/mol. The summed E-state index contributed by atoms with van der Waals surface area (Å²) in [4.78, 5) is 13.0. The van der Waals surface area contributed by atoms with Crippen molar-refractivity contribution in [1.29, 1.82) is 0 Å². The van der Waals surface area contributed by atoms with Gasteiger partial charge in [0.15, 0.2) is 0 Å². The fourth-order valence-electron chi connectivity index (χ4n) is 3.26. The minimum absolute atomic E-state index is 0.0692. The van der Waals surface area contributed by atoms with Crippen molar-refractivity contribution in [1.82, 2.24) is 10.2 Å². The van der Waals surface area contributed by atoms with E-state index in [0.29, 0.717) is 21.3 Å². The SMILES string of the molecule is Cc1ccc(-c2nnc(NC(=O)CN(c3cccc(Cl)c3C)S(=O)(=O)c3ccccc3)s2)cc1. The number of amides is 1. The number of benzene rings is 3. The van der Waals surface area contributed by atoms with E-state index in [-0.39, 0.29) is 10.0 Å². The Bertz CT molecular complexity index is 1420. The van der Waals surface area contributed by atoms with Gasteiger partial charge >= 0.3 is 0 Å². The molecule has 0 aliphatic rings. The van der Waals surface area contributed by atoms with Crippen molar-refractivity contribution >= 4 is 49.7 Å². The fourth-order valence-corrected chi connectivity index (χ4v) is 5.70. The molecule has 0 unspecified atom stereocenters. The number of hydrogen-bond acceptors (Lipinski definition) is 6. The van der Waals surface area contributed by atoms with Gasteiger partial charge in [-0.05, 0) is 43.7 Å². The third-order valence-corrected chi connectivity index (χ3v) is 8.17. The van der Waals surface area contributed by atoms with E-state index in [1.54, 1.807) is 43.3 Å². The maximum absolute atomic E-state index is 13.5. The van der Waals surface area contributed by atoms with Crippen LogP contribution in [0.2, 0.25) is 5.02 Å².